The zero-order valence-corrected chi connectivity index (χ0v) is 11.6. The van der Waals surface area contributed by atoms with Crippen LogP contribution < -0.4 is 5.32 Å². The predicted octanol–water partition coefficient (Wildman–Crippen LogP) is 1.74. The normalized spacial score (nSPS) is 22.7. The lowest BCUT2D eigenvalue weighted by Gasteiger charge is -2.21. The molecule has 1 atom stereocenters. The summed E-state index contributed by atoms with van der Waals surface area (Å²) in [6.45, 7) is 3.22. The van der Waals surface area contributed by atoms with Gasteiger partial charge in [0.15, 0.2) is 0 Å². The SMILES string of the molecule is CCCCCCCC1(C)NC(=O)N(CC(=O)O)C1=O. The van der Waals surface area contributed by atoms with E-state index in [1.54, 1.807) is 6.92 Å². The van der Waals surface area contributed by atoms with Crippen LogP contribution >= 0.6 is 0 Å². The van der Waals surface area contributed by atoms with E-state index in [4.69, 9.17) is 5.11 Å². The van der Waals surface area contributed by atoms with Crippen LogP contribution in [0, 0.1) is 0 Å². The van der Waals surface area contributed by atoms with E-state index >= 15 is 0 Å². The Kier molecular flexibility index (Phi) is 5.32. The van der Waals surface area contributed by atoms with Crippen molar-refractivity contribution in [3.63, 3.8) is 0 Å². The van der Waals surface area contributed by atoms with Gasteiger partial charge in [0.1, 0.15) is 12.1 Å². The number of imide groups is 1. The number of unbranched alkanes of at least 4 members (excludes halogenated alkanes) is 4. The van der Waals surface area contributed by atoms with Gasteiger partial charge >= 0.3 is 12.0 Å². The van der Waals surface area contributed by atoms with Gasteiger partial charge < -0.3 is 10.4 Å². The number of hydrogen-bond acceptors (Lipinski definition) is 3. The molecule has 0 spiro atoms. The molecule has 6 nitrogen and oxygen atoms in total. The van der Waals surface area contributed by atoms with Gasteiger partial charge in [-0.05, 0) is 13.3 Å². The molecule has 1 fully saturated rings. The van der Waals surface area contributed by atoms with Crippen molar-refractivity contribution in [3.05, 3.63) is 0 Å². The van der Waals surface area contributed by atoms with Gasteiger partial charge in [0.05, 0.1) is 0 Å². The fourth-order valence-corrected chi connectivity index (χ4v) is 2.28. The van der Waals surface area contributed by atoms with E-state index in [0.717, 1.165) is 30.6 Å². The second kappa shape index (κ2) is 6.54. The van der Waals surface area contributed by atoms with Crippen molar-refractivity contribution in [2.24, 2.45) is 0 Å². The van der Waals surface area contributed by atoms with E-state index < -0.39 is 30.0 Å². The number of amides is 3. The number of aliphatic carboxylic acids is 1. The smallest absolute Gasteiger partial charge is 0.325 e. The highest BCUT2D eigenvalue weighted by Gasteiger charge is 2.47. The molecule has 1 saturated heterocycles. The molecule has 0 aromatic heterocycles. The van der Waals surface area contributed by atoms with Crippen LogP contribution in [0.15, 0.2) is 0 Å². The molecule has 0 bridgehead atoms. The molecule has 108 valence electrons. The third-order valence-electron chi connectivity index (χ3n) is 3.42. The van der Waals surface area contributed by atoms with E-state index in [1.807, 2.05) is 0 Å². The van der Waals surface area contributed by atoms with Crippen LogP contribution in [0.25, 0.3) is 0 Å². The Labute approximate surface area is 113 Å². The number of urea groups is 1. The Balaban J connectivity index is 2.51. The highest BCUT2D eigenvalue weighted by atomic mass is 16.4. The maximum absolute atomic E-state index is 12.1. The molecule has 0 aromatic rings. The highest BCUT2D eigenvalue weighted by molar-refractivity contribution is 6.08. The first-order valence-electron chi connectivity index (χ1n) is 6.76. The minimum atomic E-state index is -1.18. The lowest BCUT2D eigenvalue weighted by molar-refractivity contribution is -0.142. The van der Waals surface area contributed by atoms with Crippen molar-refractivity contribution in [1.29, 1.82) is 0 Å². The number of nitrogens with one attached hydrogen (secondary N) is 1. The molecular formula is C13H22N2O4. The maximum Gasteiger partial charge on any atom is 0.325 e. The zero-order chi connectivity index (χ0) is 14.5. The van der Waals surface area contributed by atoms with Crippen LogP contribution in [0.2, 0.25) is 0 Å². The number of hydrogen-bond donors (Lipinski definition) is 2. The fraction of sp³-hybridized carbons (Fsp3) is 0.769. The topological polar surface area (TPSA) is 86.7 Å². The van der Waals surface area contributed by atoms with Crippen molar-refractivity contribution in [2.45, 2.75) is 57.9 Å². The summed E-state index contributed by atoms with van der Waals surface area (Å²) in [5.74, 6) is -1.62. The Bertz CT molecular complexity index is 370. The van der Waals surface area contributed by atoms with Crippen LogP contribution in [0.1, 0.15) is 52.4 Å². The van der Waals surface area contributed by atoms with Gasteiger partial charge in [-0.1, -0.05) is 39.0 Å². The number of carboxylic acid groups (broad SMARTS) is 1. The van der Waals surface area contributed by atoms with Gasteiger partial charge in [0, 0.05) is 0 Å². The molecule has 0 aliphatic carbocycles. The second-order valence-electron chi connectivity index (χ2n) is 5.21. The van der Waals surface area contributed by atoms with E-state index in [1.165, 1.54) is 6.42 Å². The molecule has 2 N–H and O–H groups in total. The first-order chi connectivity index (χ1) is 8.90. The van der Waals surface area contributed by atoms with Crippen LogP contribution in [0.3, 0.4) is 0 Å². The van der Waals surface area contributed by atoms with E-state index in [9.17, 15) is 14.4 Å². The summed E-state index contributed by atoms with van der Waals surface area (Å²) >= 11 is 0. The molecule has 1 heterocycles. The van der Waals surface area contributed by atoms with Crippen molar-refractivity contribution in [2.75, 3.05) is 6.54 Å². The molecular weight excluding hydrogens is 248 g/mol. The van der Waals surface area contributed by atoms with E-state index in [2.05, 4.69) is 12.2 Å². The minimum absolute atomic E-state index is 0.435. The highest BCUT2D eigenvalue weighted by Crippen LogP contribution is 2.23. The Morgan fingerprint density at radius 2 is 1.89 bits per heavy atom. The predicted molar refractivity (Wildman–Crippen MR) is 69.7 cm³/mol. The average Bonchev–Trinajstić information content (AvgIpc) is 2.53. The fourth-order valence-electron chi connectivity index (χ4n) is 2.28. The molecule has 0 aromatic carbocycles. The van der Waals surface area contributed by atoms with Gasteiger partial charge in [0.25, 0.3) is 5.91 Å². The van der Waals surface area contributed by atoms with E-state index in [0.29, 0.717) is 6.42 Å². The number of carboxylic acids is 1. The first-order valence-corrected chi connectivity index (χ1v) is 6.76. The molecule has 1 aliphatic heterocycles. The Hall–Kier alpha value is -1.59. The van der Waals surface area contributed by atoms with Crippen molar-refractivity contribution in [1.82, 2.24) is 10.2 Å². The summed E-state index contributed by atoms with van der Waals surface area (Å²) in [4.78, 5) is 35.1. The van der Waals surface area contributed by atoms with Gasteiger partial charge in [-0.3, -0.25) is 14.5 Å². The van der Waals surface area contributed by atoms with Crippen molar-refractivity contribution < 1.29 is 19.5 Å². The standard InChI is InChI=1S/C13H22N2O4/c1-3-4-5-6-7-8-13(2)11(18)15(9-10(16)17)12(19)14-13/h3-9H2,1-2H3,(H,14,19)(H,16,17). The van der Waals surface area contributed by atoms with Crippen molar-refractivity contribution >= 4 is 17.9 Å². The Morgan fingerprint density at radius 1 is 1.26 bits per heavy atom. The number of carbonyl (C=O) groups excluding carboxylic acids is 2. The minimum Gasteiger partial charge on any atom is -0.480 e. The lowest BCUT2D eigenvalue weighted by Crippen LogP contribution is -2.44. The summed E-state index contributed by atoms with van der Waals surface area (Å²) in [7, 11) is 0. The molecule has 0 radical (unpaired) electrons. The summed E-state index contributed by atoms with van der Waals surface area (Å²) in [5.41, 5.74) is -0.946. The summed E-state index contributed by atoms with van der Waals surface area (Å²) in [5, 5.41) is 11.3. The van der Waals surface area contributed by atoms with Crippen LogP contribution in [-0.4, -0.2) is 40.0 Å². The molecule has 19 heavy (non-hydrogen) atoms. The van der Waals surface area contributed by atoms with E-state index in [-0.39, 0.29) is 0 Å². The third-order valence-corrected chi connectivity index (χ3v) is 3.42. The number of nitrogens with zero attached hydrogens (tertiary/aromatic N) is 1. The van der Waals surface area contributed by atoms with Crippen molar-refractivity contribution in [3.8, 4) is 0 Å². The molecule has 1 unspecified atom stereocenters. The second-order valence-corrected chi connectivity index (χ2v) is 5.21. The maximum atomic E-state index is 12.1. The van der Waals surface area contributed by atoms with Gasteiger partial charge in [-0.2, -0.15) is 0 Å². The third kappa shape index (κ3) is 3.94. The quantitative estimate of drug-likeness (QED) is 0.519. The summed E-state index contributed by atoms with van der Waals surface area (Å²) in [6, 6.07) is -0.608. The van der Waals surface area contributed by atoms with Gasteiger partial charge in [0.2, 0.25) is 0 Å². The van der Waals surface area contributed by atoms with Gasteiger partial charge in [-0.15, -0.1) is 0 Å². The lowest BCUT2D eigenvalue weighted by atomic mass is 9.94. The molecule has 0 saturated carbocycles. The average molecular weight is 270 g/mol. The summed E-state index contributed by atoms with van der Waals surface area (Å²) < 4.78 is 0. The molecule has 6 heteroatoms. The first kappa shape index (κ1) is 15.5. The monoisotopic (exact) mass is 270 g/mol. The Morgan fingerprint density at radius 3 is 2.47 bits per heavy atom. The van der Waals surface area contributed by atoms with Gasteiger partial charge in [-0.25, -0.2) is 4.79 Å². The van der Waals surface area contributed by atoms with Crippen LogP contribution in [-0.2, 0) is 9.59 Å². The largest absolute Gasteiger partial charge is 0.480 e. The zero-order valence-electron chi connectivity index (χ0n) is 11.6. The molecule has 3 amide bonds. The molecule has 1 aliphatic rings. The number of rotatable bonds is 8. The number of carbonyl (C=O) groups is 3. The molecule has 1 rings (SSSR count). The van der Waals surface area contributed by atoms with Crippen LogP contribution in [0.5, 0.6) is 0 Å². The van der Waals surface area contributed by atoms with Crippen LogP contribution in [0.4, 0.5) is 4.79 Å². The summed E-state index contributed by atoms with van der Waals surface area (Å²) in [6.07, 6.45) is 5.86.